The van der Waals surface area contributed by atoms with Crippen LogP contribution in [0.2, 0.25) is 0 Å². The van der Waals surface area contributed by atoms with Crippen molar-refractivity contribution in [2.24, 2.45) is 0 Å². The molecule has 1 amide bonds. The number of amides is 1. The van der Waals surface area contributed by atoms with E-state index in [4.69, 9.17) is 11.2 Å². The summed E-state index contributed by atoms with van der Waals surface area (Å²) in [6, 6.07) is 7.97. The molecule has 2 aliphatic rings. The summed E-state index contributed by atoms with van der Waals surface area (Å²) in [6.07, 6.45) is 6.67. The number of nitriles is 1. The second-order valence-electron chi connectivity index (χ2n) is 7.16. The van der Waals surface area contributed by atoms with Crippen LogP contribution in [0.1, 0.15) is 29.8 Å². The zero-order chi connectivity index (χ0) is 21.0. The Labute approximate surface area is 170 Å². The average molecular weight is 401 g/mol. The maximum atomic E-state index is 13.2. The molecule has 30 heavy (non-hydrogen) atoms. The lowest BCUT2D eigenvalue weighted by atomic mass is 10.1. The number of fused-ring (bicyclic) bond motifs is 6. The highest BCUT2D eigenvalue weighted by molar-refractivity contribution is 5.91. The molecule has 0 saturated carbocycles. The molecule has 9 nitrogen and oxygen atoms in total. The fourth-order valence-electron chi connectivity index (χ4n) is 4.49. The maximum absolute atomic E-state index is 13.2. The number of aromatic hydroxyl groups is 1. The first-order chi connectivity index (χ1) is 14.6. The molecule has 1 unspecified atom stereocenters. The molecule has 1 aromatic carbocycles. The van der Waals surface area contributed by atoms with Crippen LogP contribution >= 0.6 is 0 Å². The Morgan fingerprint density at radius 3 is 3.00 bits per heavy atom. The molecule has 3 aromatic rings. The number of imidazole rings is 1. The summed E-state index contributed by atoms with van der Waals surface area (Å²) in [5, 5.41) is 20.9. The van der Waals surface area contributed by atoms with Crippen molar-refractivity contribution in [3.05, 3.63) is 52.2 Å². The third-order valence-corrected chi connectivity index (χ3v) is 5.68. The van der Waals surface area contributed by atoms with E-state index in [0.717, 1.165) is 0 Å². The molecule has 1 N–H and O–H groups in total. The third-order valence-electron chi connectivity index (χ3n) is 5.68. The van der Waals surface area contributed by atoms with Gasteiger partial charge in [-0.05, 0) is 30.7 Å². The molecule has 0 spiro atoms. The Morgan fingerprint density at radius 2 is 2.23 bits per heavy atom. The van der Waals surface area contributed by atoms with Gasteiger partial charge in [0.1, 0.15) is 11.8 Å². The van der Waals surface area contributed by atoms with Crippen LogP contribution in [0, 0.1) is 23.7 Å². The maximum Gasteiger partial charge on any atom is 0.411 e. The van der Waals surface area contributed by atoms with Crippen LogP contribution in [0.5, 0.6) is 5.88 Å². The molecule has 1 fully saturated rings. The number of benzene rings is 1. The van der Waals surface area contributed by atoms with Crippen LogP contribution in [-0.2, 0) is 4.74 Å². The SMILES string of the molecule is C#CCOC(=O)N1C[C@H]2CC1c1c(O)n(-c3ccc(C#N)c4ncccc34)c(=O)n12. The molecule has 2 aliphatic heterocycles. The number of hydrogen-bond acceptors (Lipinski definition) is 6. The molecule has 9 heteroatoms. The van der Waals surface area contributed by atoms with Crippen molar-refractivity contribution in [3.63, 3.8) is 0 Å². The molecule has 148 valence electrons. The first kappa shape index (κ1) is 17.8. The minimum absolute atomic E-state index is 0.142. The van der Waals surface area contributed by atoms with E-state index in [9.17, 15) is 20.0 Å². The first-order valence-electron chi connectivity index (χ1n) is 9.28. The van der Waals surface area contributed by atoms with Gasteiger partial charge in [0.2, 0.25) is 5.88 Å². The Kier molecular flexibility index (Phi) is 3.80. The quantitative estimate of drug-likeness (QED) is 0.656. The largest absolute Gasteiger partial charge is 0.493 e. The minimum Gasteiger partial charge on any atom is -0.493 e. The molecular formula is C21H15N5O4. The van der Waals surface area contributed by atoms with E-state index in [0.29, 0.717) is 40.8 Å². The summed E-state index contributed by atoms with van der Waals surface area (Å²) in [5.74, 6) is 2.01. The number of carbonyl (C=O) groups excluding carboxylic acids is 1. The van der Waals surface area contributed by atoms with Crippen molar-refractivity contribution in [1.29, 1.82) is 5.26 Å². The van der Waals surface area contributed by atoms with Crippen molar-refractivity contribution in [1.82, 2.24) is 19.0 Å². The van der Waals surface area contributed by atoms with Crippen LogP contribution in [0.4, 0.5) is 4.79 Å². The highest BCUT2D eigenvalue weighted by Crippen LogP contribution is 2.49. The van der Waals surface area contributed by atoms with Crippen LogP contribution in [0.25, 0.3) is 16.6 Å². The van der Waals surface area contributed by atoms with Crippen molar-refractivity contribution in [3.8, 4) is 30.0 Å². The smallest absolute Gasteiger partial charge is 0.411 e. The van der Waals surface area contributed by atoms with Gasteiger partial charge in [-0.25, -0.2) is 14.2 Å². The lowest BCUT2D eigenvalue weighted by Gasteiger charge is -2.26. The standard InChI is InChI=1S/C21H15N5O4/c1-2-8-30-21(29)24-11-13-9-16(24)18-19(27)26(20(28)25(13)18)15-6-5-12(10-22)17-14(15)4-3-7-23-17/h1,3-7,13,16,27H,8-9,11H2/t13-,16?/m1/s1. The summed E-state index contributed by atoms with van der Waals surface area (Å²) in [5.41, 5.74) is 1.20. The zero-order valence-corrected chi connectivity index (χ0v) is 15.6. The van der Waals surface area contributed by atoms with Gasteiger partial charge in [0.05, 0.1) is 28.9 Å². The van der Waals surface area contributed by atoms with Gasteiger partial charge in [-0.2, -0.15) is 5.26 Å². The molecule has 0 aliphatic carbocycles. The molecule has 2 aromatic heterocycles. The van der Waals surface area contributed by atoms with E-state index in [1.165, 1.54) is 14.0 Å². The predicted molar refractivity (Wildman–Crippen MR) is 105 cm³/mol. The van der Waals surface area contributed by atoms with Crippen LogP contribution in [-0.4, -0.2) is 43.4 Å². The summed E-state index contributed by atoms with van der Waals surface area (Å²) < 4.78 is 7.76. The van der Waals surface area contributed by atoms with Gasteiger partial charge in [-0.1, -0.05) is 5.92 Å². The van der Waals surface area contributed by atoms with Crippen molar-refractivity contribution in [2.75, 3.05) is 13.2 Å². The van der Waals surface area contributed by atoms with E-state index in [1.54, 1.807) is 30.5 Å². The Morgan fingerprint density at radius 1 is 1.40 bits per heavy atom. The summed E-state index contributed by atoms with van der Waals surface area (Å²) >= 11 is 0. The van der Waals surface area contributed by atoms with Gasteiger partial charge < -0.3 is 9.84 Å². The number of rotatable bonds is 2. The number of ether oxygens (including phenoxy) is 1. The molecule has 2 atom stereocenters. The number of likely N-dealkylation sites (tertiary alicyclic amines) is 1. The Hall–Kier alpha value is -4.24. The number of aromatic nitrogens is 3. The third kappa shape index (κ3) is 2.26. The minimum atomic E-state index is -0.570. The predicted octanol–water partition coefficient (Wildman–Crippen LogP) is 1.84. The second-order valence-corrected chi connectivity index (χ2v) is 7.16. The highest BCUT2D eigenvalue weighted by atomic mass is 16.6. The molecular weight excluding hydrogens is 386 g/mol. The van der Waals surface area contributed by atoms with Crippen LogP contribution < -0.4 is 5.69 Å². The lowest BCUT2D eigenvalue weighted by molar-refractivity contribution is 0.103. The van der Waals surface area contributed by atoms with Crippen LogP contribution in [0.3, 0.4) is 0 Å². The van der Waals surface area contributed by atoms with E-state index >= 15 is 0 Å². The van der Waals surface area contributed by atoms with E-state index < -0.39 is 17.8 Å². The van der Waals surface area contributed by atoms with E-state index in [1.807, 2.05) is 0 Å². The molecule has 4 heterocycles. The van der Waals surface area contributed by atoms with Gasteiger partial charge in [0.15, 0.2) is 6.61 Å². The fourth-order valence-corrected chi connectivity index (χ4v) is 4.49. The van der Waals surface area contributed by atoms with Crippen molar-refractivity contribution >= 4 is 17.0 Å². The Balaban J connectivity index is 1.66. The van der Waals surface area contributed by atoms with Gasteiger partial charge in [0, 0.05) is 18.1 Å². The number of hydrogen-bond donors (Lipinski definition) is 1. The zero-order valence-electron chi connectivity index (χ0n) is 15.6. The molecule has 0 radical (unpaired) electrons. The van der Waals surface area contributed by atoms with Gasteiger partial charge in [-0.15, -0.1) is 6.42 Å². The van der Waals surface area contributed by atoms with Crippen LogP contribution in [0.15, 0.2) is 35.3 Å². The summed E-state index contributed by atoms with van der Waals surface area (Å²) in [4.78, 5) is 31.3. The number of terminal acetylenes is 1. The Bertz CT molecular complexity index is 1360. The summed E-state index contributed by atoms with van der Waals surface area (Å²) in [7, 11) is 0. The van der Waals surface area contributed by atoms with Gasteiger partial charge >= 0.3 is 11.8 Å². The summed E-state index contributed by atoms with van der Waals surface area (Å²) in [6.45, 7) is 0.164. The second kappa shape index (κ2) is 6.39. The monoisotopic (exact) mass is 401 g/mol. The number of pyridine rings is 1. The molecule has 5 rings (SSSR count). The van der Waals surface area contributed by atoms with Crippen molar-refractivity contribution in [2.45, 2.75) is 18.5 Å². The van der Waals surface area contributed by atoms with Gasteiger partial charge in [0.25, 0.3) is 0 Å². The van der Waals surface area contributed by atoms with Crippen molar-refractivity contribution < 1.29 is 14.6 Å². The molecule has 1 saturated heterocycles. The van der Waals surface area contributed by atoms with Gasteiger partial charge in [-0.3, -0.25) is 14.5 Å². The first-order valence-corrected chi connectivity index (χ1v) is 9.28. The number of nitrogens with zero attached hydrogens (tertiary/aromatic N) is 5. The highest BCUT2D eigenvalue weighted by Gasteiger charge is 2.49. The average Bonchev–Trinajstić information content (AvgIpc) is 3.43. The van der Waals surface area contributed by atoms with E-state index in [-0.39, 0.29) is 18.5 Å². The number of carbonyl (C=O) groups is 1. The fraction of sp³-hybridized carbons (Fsp3) is 0.238. The lowest BCUT2D eigenvalue weighted by Crippen LogP contribution is -2.38. The molecule has 2 bridgehead atoms. The normalized spacial score (nSPS) is 18.8. The van der Waals surface area contributed by atoms with E-state index in [2.05, 4.69) is 17.0 Å². The topological polar surface area (TPSA) is 113 Å².